The quantitative estimate of drug-likeness (QED) is 0.834. The van der Waals surface area contributed by atoms with E-state index in [4.69, 9.17) is 16.3 Å². The Balaban J connectivity index is 2.00. The Kier molecular flexibility index (Phi) is 4.37. The lowest BCUT2D eigenvalue weighted by Gasteiger charge is -2.27. The van der Waals surface area contributed by atoms with E-state index in [0.29, 0.717) is 28.6 Å². The van der Waals surface area contributed by atoms with E-state index < -0.39 is 17.4 Å². The summed E-state index contributed by atoms with van der Waals surface area (Å²) in [6.07, 6.45) is 2.71. The van der Waals surface area contributed by atoms with Crippen molar-refractivity contribution < 1.29 is 19.4 Å². The molecule has 0 atom stereocenters. The average Bonchev–Trinajstić information content (AvgIpc) is 3.07. The molecule has 0 aliphatic heterocycles. The summed E-state index contributed by atoms with van der Waals surface area (Å²) < 4.78 is 4.86. The number of hydrogen-bond donors (Lipinski definition) is 2. The van der Waals surface area contributed by atoms with Gasteiger partial charge in [-0.2, -0.15) is 0 Å². The molecular formula is C18H18ClNO4. The van der Waals surface area contributed by atoms with Crippen LogP contribution in [-0.4, -0.2) is 29.6 Å². The van der Waals surface area contributed by atoms with Crippen LogP contribution in [0.2, 0.25) is 5.02 Å². The normalized spacial score (nSPS) is 16.1. The third kappa shape index (κ3) is 2.69. The second-order valence-corrected chi connectivity index (χ2v) is 6.44. The number of methoxy groups -OCH3 is 1. The summed E-state index contributed by atoms with van der Waals surface area (Å²) in [6.45, 7) is 0. The third-order valence-corrected chi connectivity index (χ3v) is 4.91. The first-order valence-corrected chi connectivity index (χ1v) is 8.17. The molecule has 2 aromatic rings. The van der Waals surface area contributed by atoms with Crippen LogP contribution in [0, 0.1) is 0 Å². The minimum atomic E-state index is -1.03. The number of phenols is 1. The van der Waals surface area contributed by atoms with Crippen molar-refractivity contribution in [3.63, 3.8) is 0 Å². The van der Waals surface area contributed by atoms with Gasteiger partial charge in [-0.05, 0) is 18.9 Å². The molecular weight excluding hydrogens is 330 g/mol. The van der Waals surface area contributed by atoms with E-state index >= 15 is 0 Å². The first kappa shape index (κ1) is 16.6. The van der Waals surface area contributed by atoms with Gasteiger partial charge in [0, 0.05) is 15.8 Å². The maximum atomic E-state index is 12.7. The molecule has 0 spiro atoms. The molecule has 1 saturated carbocycles. The molecule has 1 fully saturated rings. The van der Waals surface area contributed by atoms with Gasteiger partial charge < -0.3 is 15.2 Å². The van der Waals surface area contributed by atoms with E-state index in [2.05, 4.69) is 5.32 Å². The van der Waals surface area contributed by atoms with Gasteiger partial charge in [-0.3, -0.25) is 4.79 Å². The van der Waals surface area contributed by atoms with E-state index in [1.165, 1.54) is 13.2 Å². The summed E-state index contributed by atoms with van der Waals surface area (Å²) in [4.78, 5) is 24.8. The third-order valence-electron chi connectivity index (χ3n) is 4.60. The molecule has 0 radical (unpaired) electrons. The van der Waals surface area contributed by atoms with E-state index in [0.717, 1.165) is 12.8 Å². The molecule has 2 aromatic carbocycles. The molecule has 126 valence electrons. The zero-order chi connectivity index (χ0) is 17.3. The molecule has 0 bridgehead atoms. The first-order chi connectivity index (χ1) is 11.5. The SMILES string of the molecule is COC(=O)C1(NC(=O)c2cc(Cl)c3ccccc3c2O)CCCC1. The Morgan fingerprint density at radius 1 is 1.21 bits per heavy atom. The molecule has 0 saturated heterocycles. The number of ether oxygens (including phenoxy) is 1. The molecule has 0 unspecified atom stereocenters. The van der Waals surface area contributed by atoms with Crippen LogP contribution in [0.1, 0.15) is 36.0 Å². The summed E-state index contributed by atoms with van der Waals surface area (Å²) in [5.41, 5.74) is -0.981. The number of halogens is 1. The number of esters is 1. The van der Waals surface area contributed by atoms with Crippen LogP contribution in [0.4, 0.5) is 0 Å². The maximum absolute atomic E-state index is 12.7. The van der Waals surface area contributed by atoms with Gasteiger partial charge in [0.2, 0.25) is 0 Å². The maximum Gasteiger partial charge on any atom is 0.331 e. The number of carbonyl (C=O) groups is 2. The summed E-state index contributed by atoms with van der Waals surface area (Å²) in [7, 11) is 1.30. The highest BCUT2D eigenvalue weighted by Crippen LogP contribution is 2.36. The fraction of sp³-hybridized carbons (Fsp3) is 0.333. The minimum absolute atomic E-state index is 0.0499. The van der Waals surface area contributed by atoms with Gasteiger partial charge in [-0.15, -0.1) is 0 Å². The number of benzene rings is 2. The molecule has 5 nitrogen and oxygen atoms in total. The van der Waals surface area contributed by atoms with Gasteiger partial charge in [0.25, 0.3) is 5.91 Å². The standard InChI is InChI=1S/C18H18ClNO4/c1-24-17(23)18(8-4-5-9-18)20-16(22)13-10-14(19)11-6-2-3-7-12(11)15(13)21/h2-3,6-7,10,21H,4-5,8-9H2,1H3,(H,20,22). The van der Waals surface area contributed by atoms with Crippen molar-refractivity contribution in [3.8, 4) is 5.75 Å². The van der Waals surface area contributed by atoms with Gasteiger partial charge >= 0.3 is 5.97 Å². The van der Waals surface area contributed by atoms with Gasteiger partial charge in [0.15, 0.2) is 0 Å². The number of amides is 1. The molecule has 0 aromatic heterocycles. The zero-order valence-electron chi connectivity index (χ0n) is 13.3. The van der Waals surface area contributed by atoms with E-state index in [1.54, 1.807) is 24.3 Å². The van der Waals surface area contributed by atoms with E-state index in [9.17, 15) is 14.7 Å². The Morgan fingerprint density at radius 3 is 2.46 bits per heavy atom. The minimum Gasteiger partial charge on any atom is -0.506 e. The molecule has 24 heavy (non-hydrogen) atoms. The van der Waals surface area contributed by atoms with Gasteiger partial charge in [0.05, 0.1) is 12.7 Å². The fourth-order valence-electron chi connectivity index (χ4n) is 3.33. The van der Waals surface area contributed by atoms with Crippen molar-refractivity contribution in [1.82, 2.24) is 5.32 Å². The number of fused-ring (bicyclic) bond motifs is 1. The lowest BCUT2D eigenvalue weighted by atomic mass is 9.96. The second-order valence-electron chi connectivity index (χ2n) is 6.04. The van der Waals surface area contributed by atoms with Gasteiger partial charge in [-0.25, -0.2) is 4.79 Å². The van der Waals surface area contributed by atoms with Crippen LogP contribution in [-0.2, 0) is 9.53 Å². The molecule has 1 aliphatic carbocycles. The number of carbonyl (C=O) groups excluding carboxylic acids is 2. The zero-order valence-corrected chi connectivity index (χ0v) is 14.0. The monoisotopic (exact) mass is 347 g/mol. The summed E-state index contributed by atoms with van der Waals surface area (Å²) in [5, 5.41) is 14.7. The largest absolute Gasteiger partial charge is 0.506 e. The second kappa shape index (κ2) is 6.32. The molecule has 3 rings (SSSR count). The van der Waals surface area contributed by atoms with E-state index in [1.807, 2.05) is 0 Å². The summed E-state index contributed by atoms with van der Waals surface area (Å²) in [6, 6.07) is 8.45. The predicted octanol–water partition coefficient (Wildman–Crippen LogP) is 3.41. The number of rotatable bonds is 3. The van der Waals surface area contributed by atoms with Crippen molar-refractivity contribution in [3.05, 3.63) is 40.9 Å². The Labute approximate surface area is 144 Å². The summed E-state index contributed by atoms with van der Waals surface area (Å²) in [5.74, 6) is -1.14. The predicted molar refractivity (Wildman–Crippen MR) is 91.3 cm³/mol. The van der Waals surface area contributed by atoms with Crippen molar-refractivity contribution in [2.75, 3.05) is 7.11 Å². The van der Waals surface area contributed by atoms with Crippen molar-refractivity contribution in [2.45, 2.75) is 31.2 Å². The van der Waals surface area contributed by atoms with Crippen LogP contribution < -0.4 is 5.32 Å². The van der Waals surface area contributed by atoms with Crippen LogP contribution >= 0.6 is 11.6 Å². The first-order valence-electron chi connectivity index (χ1n) is 7.80. The van der Waals surface area contributed by atoms with Crippen molar-refractivity contribution in [1.29, 1.82) is 0 Å². The molecule has 0 heterocycles. The number of aromatic hydroxyl groups is 1. The van der Waals surface area contributed by atoms with Gasteiger partial charge in [-0.1, -0.05) is 48.7 Å². The van der Waals surface area contributed by atoms with Crippen LogP contribution in [0.5, 0.6) is 5.75 Å². The van der Waals surface area contributed by atoms with Crippen molar-refractivity contribution in [2.24, 2.45) is 0 Å². The molecule has 2 N–H and O–H groups in total. The highest BCUT2D eigenvalue weighted by molar-refractivity contribution is 6.36. The Morgan fingerprint density at radius 2 is 1.83 bits per heavy atom. The highest BCUT2D eigenvalue weighted by atomic mass is 35.5. The Bertz CT molecular complexity index is 812. The highest BCUT2D eigenvalue weighted by Gasteiger charge is 2.44. The topological polar surface area (TPSA) is 75.6 Å². The number of hydrogen-bond acceptors (Lipinski definition) is 4. The lowest BCUT2D eigenvalue weighted by molar-refractivity contribution is -0.148. The van der Waals surface area contributed by atoms with E-state index in [-0.39, 0.29) is 11.3 Å². The number of phenolic OH excluding ortho intramolecular Hbond substituents is 1. The average molecular weight is 348 g/mol. The lowest BCUT2D eigenvalue weighted by Crippen LogP contribution is -2.53. The molecule has 6 heteroatoms. The van der Waals surface area contributed by atoms with Crippen LogP contribution in [0.25, 0.3) is 10.8 Å². The smallest absolute Gasteiger partial charge is 0.331 e. The van der Waals surface area contributed by atoms with Crippen molar-refractivity contribution >= 4 is 34.2 Å². The Hall–Kier alpha value is -2.27. The summed E-state index contributed by atoms with van der Waals surface area (Å²) >= 11 is 6.24. The van der Waals surface area contributed by atoms with Crippen LogP contribution in [0.15, 0.2) is 30.3 Å². The van der Waals surface area contributed by atoms with Gasteiger partial charge in [0.1, 0.15) is 11.3 Å². The number of nitrogens with one attached hydrogen (secondary N) is 1. The molecule has 1 amide bonds. The fourth-order valence-corrected chi connectivity index (χ4v) is 3.60. The molecule has 1 aliphatic rings. The van der Waals surface area contributed by atoms with Crippen LogP contribution in [0.3, 0.4) is 0 Å².